The second-order valence-corrected chi connectivity index (χ2v) is 6.83. The molecule has 0 unspecified atom stereocenters. The van der Waals surface area contributed by atoms with Crippen molar-refractivity contribution in [2.24, 2.45) is 0 Å². The van der Waals surface area contributed by atoms with Gasteiger partial charge in [0.25, 0.3) is 0 Å². The van der Waals surface area contributed by atoms with Gasteiger partial charge in [0, 0.05) is 6.54 Å². The molecule has 0 N–H and O–H groups in total. The molecule has 4 heteroatoms. The van der Waals surface area contributed by atoms with Crippen molar-refractivity contribution in [1.82, 2.24) is 4.57 Å². The maximum atomic E-state index is 12.8. The lowest BCUT2D eigenvalue weighted by Gasteiger charge is -2.20. The third-order valence-corrected chi connectivity index (χ3v) is 4.24. The fourth-order valence-electron chi connectivity index (χ4n) is 1.11. The maximum absolute atomic E-state index is 12.8. The highest BCUT2D eigenvalue weighted by molar-refractivity contribution is 6.52. The van der Waals surface area contributed by atoms with Crippen LogP contribution >= 0.6 is 0 Å². The van der Waals surface area contributed by atoms with E-state index in [-0.39, 0.29) is 0 Å². The molecule has 0 aliphatic heterocycles. The zero-order valence-corrected chi connectivity index (χ0v) is 9.87. The highest BCUT2D eigenvalue weighted by Gasteiger charge is 2.07. The van der Waals surface area contributed by atoms with E-state index in [1.54, 1.807) is 6.07 Å². The van der Waals surface area contributed by atoms with Crippen molar-refractivity contribution < 1.29 is 8.78 Å². The second-order valence-electron chi connectivity index (χ2n) is 3.76. The quantitative estimate of drug-likeness (QED) is 0.700. The standard InChI is InChI=1S/C10H15F2NSi/c1-13(14(2)3)7-8-4-5-9(11)10(12)6-8/h4-6,14H,7H2,1-3H3. The molecule has 0 fully saturated rings. The van der Waals surface area contributed by atoms with Gasteiger partial charge in [-0.05, 0) is 24.7 Å². The van der Waals surface area contributed by atoms with Gasteiger partial charge in [-0.25, -0.2) is 8.78 Å². The summed E-state index contributed by atoms with van der Waals surface area (Å²) in [5.41, 5.74) is 0.826. The summed E-state index contributed by atoms with van der Waals surface area (Å²) in [6.07, 6.45) is 0. The Hall–Kier alpha value is -0.743. The molecule has 0 saturated carbocycles. The Balaban J connectivity index is 2.73. The van der Waals surface area contributed by atoms with Crippen LogP contribution in [0.4, 0.5) is 8.78 Å². The molecule has 0 saturated heterocycles. The summed E-state index contributed by atoms with van der Waals surface area (Å²) in [5.74, 6) is -1.54. The number of halogens is 2. The van der Waals surface area contributed by atoms with E-state index < -0.39 is 20.6 Å². The number of hydrogen-bond acceptors (Lipinski definition) is 1. The summed E-state index contributed by atoms with van der Waals surface area (Å²) in [5, 5.41) is 0. The Morgan fingerprint density at radius 2 is 1.86 bits per heavy atom. The van der Waals surface area contributed by atoms with Crippen LogP contribution in [0.25, 0.3) is 0 Å². The van der Waals surface area contributed by atoms with Crippen LogP contribution in [0.1, 0.15) is 5.56 Å². The summed E-state index contributed by atoms with van der Waals surface area (Å²) in [6.45, 7) is 5.08. The molecular formula is C10H15F2NSi. The molecule has 0 amide bonds. The molecule has 0 aromatic heterocycles. The predicted molar refractivity (Wildman–Crippen MR) is 56.7 cm³/mol. The Bertz CT molecular complexity index is 315. The molecule has 14 heavy (non-hydrogen) atoms. The molecule has 1 aromatic carbocycles. The van der Waals surface area contributed by atoms with Gasteiger partial charge in [-0.3, -0.25) is 0 Å². The van der Waals surface area contributed by atoms with Crippen molar-refractivity contribution in [1.29, 1.82) is 0 Å². The van der Waals surface area contributed by atoms with Gasteiger partial charge < -0.3 is 4.57 Å². The maximum Gasteiger partial charge on any atom is 0.159 e. The third-order valence-electron chi connectivity index (χ3n) is 2.30. The fraction of sp³-hybridized carbons (Fsp3) is 0.400. The lowest BCUT2D eigenvalue weighted by Crippen LogP contribution is -2.29. The van der Waals surface area contributed by atoms with Gasteiger partial charge in [-0.1, -0.05) is 19.2 Å². The molecule has 0 atom stereocenters. The minimum atomic E-state index is -0.845. The third kappa shape index (κ3) is 2.89. The normalized spacial score (nSPS) is 11.4. The molecule has 1 rings (SSSR count). The van der Waals surface area contributed by atoms with Crippen LogP contribution in [0, 0.1) is 11.6 Å². The Labute approximate surface area is 85.0 Å². The Morgan fingerprint density at radius 1 is 1.21 bits per heavy atom. The van der Waals surface area contributed by atoms with Gasteiger partial charge in [-0.2, -0.15) is 0 Å². The van der Waals surface area contributed by atoms with Crippen molar-refractivity contribution in [3.8, 4) is 0 Å². The number of rotatable bonds is 3. The minimum absolute atomic E-state index is 0.696. The zero-order chi connectivity index (χ0) is 10.7. The largest absolute Gasteiger partial charge is 0.325 e. The van der Waals surface area contributed by atoms with Crippen LogP contribution in [0.2, 0.25) is 13.1 Å². The van der Waals surface area contributed by atoms with E-state index in [4.69, 9.17) is 0 Å². The van der Waals surface area contributed by atoms with Gasteiger partial charge in [0.1, 0.15) is 8.96 Å². The summed E-state index contributed by atoms with van der Waals surface area (Å²) < 4.78 is 27.7. The molecule has 0 heterocycles. The van der Waals surface area contributed by atoms with E-state index in [1.165, 1.54) is 12.1 Å². The van der Waals surface area contributed by atoms with Gasteiger partial charge in [-0.15, -0.1) is 0 Å². The number of hydrogen-bond donors (Lipinski definition) is 0. The zero-order valence-electron chi connectivity index (χ0n) is 8.72. The average Bonchev–Trinajstić information content (AvgIpc) is 2.11. The van der Waals surface area contributed by atoms with E-state index >= 15 is 0 Å². The molecule has 0 radical (unpaired) electrons. The number of benzene rings is 1. The van der Waals surface area contributed by atoms with Crippen molar-refractivity contribution in [2.45, 2.75) is 19.6 Å². The summed E-state index contributed by atoms with van der Waals surface area (Å²) in [4.78, 5) is 0. The lowest BCUT2D eigenvalue weighted by atomic mass is 10.2. The van der Waals surface area contributed by atoms with Gasteiger partial charge >= 0.3 is 0 Å². The fourth-order valence-corrected chi connectivity index (χ4v) is 1.68. The highest BCUT2D eigenvalue weighted by atomic mass is 28.3. The van der Waals surface area contributed by atoms with E-state index in [0.29, 0.717) is 6.54 Å². The lowest BCUT2D eigenvalue weighted by molar-refractivity contribution is 0.493. The minimum Gasteiger partial charge on any atom is -0.325 e. The molecule has 0 spiro atoms. The van der Waals surface area contributed by atoms with E-state index in [0.717, 1.165) is 5.56 Å². The molecule has 0 aliphatic rings. The summed E-state index contributed by atoms with van der Waals surface area (Å²) in [7, 11) is 1.17. The van der Waals surface area contributed by atoms with Crippen molar-refractivity contribution in [3.63, 3.8) is 0 Å². The Morgan fingerprint density at radius 3 is 2.36 bits per heavy atom. The topological polar surface area (TPSA) is 3.24 Å². The first-order valence-electron chi connectivity index (χ1n) is 4.65. The van der Waals surface area contributed by atoms with Crippen molar-refractivity contribution in [3.05, 3.63) is 35.4 Å². The predicted octanol–water partition coefficient (Wildman–Crippen LogP) is 2.38. The first-order valence-corrected chi connectivity index (χ1v) is 7.47. The van der Waals surface area contributed by atoms with Gasteiger partial charge in [0.15, 0.2) is 11.6 Å². The molecule has 1 nitrogen and oxygen atoms in total. The monoisotopic (exact) mass is 215 g/mol. The first-order chi connectivity index (χ1) is 6.50. The molecule has 78 valence electrons. The van der Waals surface area contributed by atoms with Crippen LogP contribution in [0.15, 0.2) is 18.2 Å². The van der Waals surface area contributed by atoms with E-state index in [2.05, 4.69) is 17.7 Å². The summed E-state index contributed by atoms with van der Waals surface area (Å²) in [6, 6.07) is 4.08. The highest BCUT2D eigenvalue weighted by Crippen LogP contribution is 2.10. The first kappa shape index (κ1) is 11.3. The summed E-state index contributed by atoms with van der Waals surface area (Å²) >= 11 is 0. The van der Waals surface area contributed by atoms with E-state index in [9.17, 15) is 8.78 Å². The molecule has 1 aromatic rings. The molecule has 0 bridgehead atoms. The average molecular weight is 215 g/mol. The van der Waals surface area contributed by atoms with Crippen molar-refractivity contribution in [2.75, 3.05) is 7.05 Å². The van der Waals surface area contributed by atoms with E-state index in [1.807, 2.05) is 7.05 Å². The van der Waals surface area contributed by atoms with Crippen LogP contribution in [-0.4, -0.2) is 20.6 Å². The van der Waals surface area contributed by atoms with Crippen LogP contribution in [0.3, 0.4) is 0 Å². The van der Waals surface area contributed by atoms with Gasteiger partial charge in [0.2, 0.25) is 0 Å². The van der Waals surface area contributed by atoms with Crippen LogP contribution in [-0.2, 0) is 6.54 Å². The van der Waals surface area contributed by atoms with Crippen LogP contribution in [0.5, 0.6) is 0 Å². The Kier molecular flexibility index (Phi) is 3.77. The molecular weight excluding hydrogens is 200 g/mol. The number of nitrogens with zero attached hydrogens (tertiary/aromatic N) is 1. The van der Waals surface area contributed by atoms with Crippen LogP contribution < -0.4 is 0 Å². The second kappa shape index (κ2) is 4.66. The van der Waals surface area contributed by atoms with Gasteiger partial charge in [0.05, 0.1) is 0 Å². The smallest absolute Gasteiger partial charge is 0.159 e. The molecule has 0 aliphatic carbocycles. The van der Waals surface area contributed by atoms with Crippen molar-refractivity contribution >= 4 is 8.96 Å². The SMILES string of the molecule is CN(Cc1ccc(F)c(F)c1)[SiH](C)C.